The molecular formula is C19H25FN2O4. The fourth-order valence-electron chi connectivity index (χ4n) is 4.30. The van der Waals surface area contributed by atoms with Gasteiger partial charge in [-0.3, -0.25) is 14.5 Å². The molecule has 0 radical (unpaired) electrons. The fourth-order valence-corrected chi connectivity index (χ4v) is 4.30. The van der Waals surface area contributed by atoms with E-state index in [1.807, 2.05) is 6.92 Å². The van der Waals surface area contributed by atoms with Crippen LogP contribution in [0.1, 0.15) is 31.4 Å². The SMILES string of the molecule is CC[C@@]1(C(=O)O)C[C@H](C(=O)N2CCOCC2)[C@H](c2ccc(F)cc2)N1C. The number of hydrogen-bond donors (Lipinski definition) is 1. The molecule has 0 bridgehead atoms. The topological polar surface area (TPSA) is 70.1 Å². The van der Waals surface area contributed by atoms with Gasteiger partial charge in [-0.2, -0.15) is 0 Å². The van der Waals surface area contributed by atoms with Gasteiger partial charge in [0.1, 0.15) is 11.4 Å². The van der Waals surface area contributed by atoms with E-state index in [1.165, 1.54) is 12.1 Å². The number of hydrogen-bond acceptors (Lipinski definition) is 4. The van der Waals surface area contributed by atoms with E-state index in [0.717, 1.165) is 5.56 Å². The van der Waals surface area contributed by atoms with Gasteiger partial charge in [-0.15, -0.1) is 0 Å². The molecule has 2 saturated heterocycles. The van der Waals surface area contributed by atoms with Crippen LogP contribution in [0.3, 0.4) is 0 Å². The average Bonchev–Trinajstić information content (AvgIpc) is 2.96. The fraction of sp³-hybridized carbons (Fsp3) is 0.579. The molecule has 1 aromatic rings. The zero-order valence-corrected chi connectivity index (χ0v) is 15.2. The number of likely N-dealkylation sites (tertiary alicyclic amines) is 1. The van der Waals surface area contributed by atoms with Gasteiger partial charge in [0, 0.05) is 19.1 Å². The lowest BCUT2D eigenvalue weighted by atomic mass is 9.86. The van der Waals surface area contributed by atoms with Gasteiger partial charge in [-0.05, 0) is 37.6 Å². The third kappa shape index (κ3) is 3.10. The van der Waals surface area contributed by atoms with Crippen LogP contribution in [-0.2, 0) is 14.3 Å². The first kappa shape index (κ1) is 18.8. The minimum Gasteiger partial charge on any atom is -0.480 e. The van der Waals surface area contributed by atoms with Crippen LogP contribution >= 0.6 is 0 Å². The van der Waals surface area contributed by atoms with Crippen molar-refractivity contribution in [2.24, 2.45) is 5.92 Å². The molecule has 1 aromatic carbocycles. The third-order valence-corrected chi connectivity index (χ3v) is 5.87. The molecule has 2 aliphatic heterocycles. The Morgan fingerprint density at radius 2 is 1.88 bits per heavy atom. The summed E-state index contributed by atoms with van der Waals surface area (Å²) in [5.74, 6) is -1.82. The highest BCUT2D eigenvalue weighted by Gasteiger charge is 2.56. The normalized spacial score (nSPS) is 29.7. The zero-order valence-electron chi connectivity index (χ0n) is 15.2. The molecule has 0 spiro atoms. The van der Waals surface area contributed by atoms with Crippen molar-refractivity contribution < 1.29 is 23.8 Å². The highest BCUT2D eigenvalue weighted by Crippen LogP contribution is 2.48. The summed E-state index contributed by atoms with van der Waals surface area (Å²) >= 11 is 0. The van der Waals surface area contributed by atoms with E-state index in [9.17, 15) is 19.1 Å². The monoisotopic (exact) mass is 364 g/mol. The molecule has 7 heteroatoms. The number of carboxylic acids is 1. The molecule has 0 aromatic heterocycles. The molecule has 1 N–H and O–H groups in total. The quantitative estimate of drug-likeness (QED) is 0.884. The maximum atomic E-state index is 13.4. The molecule has 2 aliphatic rings. The van der Waals surface area contributed by atoms with Gasteiger partial charge in [0.15, 0.2) is 0 Å². The van der Waals surface area contributed by atoms with E-state index in [4.69, 9.17) is 4.74 Å². The summed E-state index contributed by atoms with van der Waals surface area (Å²) in [5, 5.41) is 9.91. The summed E-state index contributed by atoms with van der Waals surface area (Å²) in [6.07, 6.45) is 0.636. The Morgan fingerprint density at radius 1 is 1.27 bits per heavy atom. The Hall–Kier alpha value is -1.99. The van der Waals surface area contributed by atoms with Crippen molar-refractivity contribution in [3.63, 3.8) is 0 Å². The van der Waals surface area contributed by atoms with Crippen LogP contribution in [0.2, 0.25) is 0 Å². The Bertz CT molecular complexity index is 675. The highest BCUT2D eigenvalue weighted by molar-refractivity contribution is 5.85. The number of carboxylic acid groups (broad SMARTS) is 1. The molecule has 0 saturated carbocycles. The second-order valence-corrected chi connectivity index (χ2v) is 7.05. The first-order valence-corrected chi connectivity index (χ1v) is 8.99. The number of benzene rings is 1. The molecule has 3 rings (SSSR count). The largest absolute Gasteiger partial charge is 0.480 e. The highest BCUT2D eigenvalue weighted by atomic mass is 19.1. The molecular weight excluding hydrogens is 339 g/mol. The summed E-state index contributed by atoms with van der Waals surface area (Å²) in [5.41, 5.74) is -0.344. The van der Waals surface area contributed by atoms with E-state index >= 15 is 0 Å². The first-order chi connectivity index (χ1) is 12.4. The number of rotatable bonds is 4. The minimum absolute atomic E-state index is 0.0500. The maximum Gasteiger partial charge on any atom is 0.324 e. The van der Waals surface area contributed by atoms with Crippen LogP contribution in [0, 0.1) is 11.7 Å². The summed E-state index contributed by atoms with van der Waals surface area (Å²) < 4.78 is 18.7. The Morgan fingerprint density at radius 3 is 2.42 bits per heavy atom. The third-order valence-electron chi connectivity index (χ3n) is 5.87. The predicted octanol–water partition coefficient (Wildman–Crippen LogP) is 1.91. The average molecular weight is 364 g/mol. The first-order valence-electron chi connectivity index (χ1n) is 8.99. The number of ether oxygens (including phenoxy) is 1. The van der Waals surface area contributed by atoms with E-state index < -0.39 is 23.5 Å². The van der Waals surface area contributed by atoms with Crippen molar-refractivity contribution >= 4 is 11.9 Å². The Kier molecular flexibility index (Phi) is 5.29. The minimum atomic E-state index is -1.11. The van der Waals surface area contributed by atoms with Gasteiger partial charge in [0.25, 0.3) is 0 Å². The number of carbonyl (C=O) groups is 2. The van der Waals surface area contributed by atoms with Crippen molar-refractivity contribution in [1.29, 1.82) is 0 Å². The number of amides is 1. The van der Waals surface area contributed by atoms with Crippen LogP contribution in [0.15, 0.2) is 24.3 Å². The summed E-state index contributed by atoms with van der Waals surface area (Å²) in [4.78, 5) is 28.8. The van der Waals surface area contributed by atoms with Crippen molar-refractivity contribution in [2.75, 3.05) is 33.4 Å². The van der Waals surface area contributed by atoms with Crippen molar-refractivity contribution in [2.45, 2.75) is 31.3 Å². The molecule has 0 aliphatic carbocycles. The van der Waals surface area contributed by atoms with Crippen molar-refractivity contribution in [3.8, 4) is 0 Å². The van der Waals surface area contributed by atoms with E-state index in [1.54, 1.807) is 29.0 Å². The Labute approximate surface area is 152 Å². The summed E-state index contributed by atoms with van der Waals surface area (Å²) in [6, 6.07) is 5.59. The number of likely N-dealkylation sites (N-methyl/N-ethyl adjacent to an activating group) is 1. The molecule has 2 heterocycles. The van der Waals surface area contributed by atoms with Crippen molar-refractivity contribution in [3.05, 3.63) is 35.6 Å². The molecule has 0 unspecified atom stereocenters. The van der Waals surface area contributed by atoms with Crippen LogP contribution < -0.4 is 0 Å². The van der Waals surface area contributed by atoms with Gasteiger partial charge in [-0.25, -0.2) is 4.39 Å². The van der Waals surface area contributed by atoms with E-state index in [-0.39, 0.29) is 18.1 Å². The Balaban J connectivity index is 1.99. The second-order valence-electron chi connectivity index (χ2n) is 7.05. The molecule has 3 atom stereocenters. The van der Waals surface area contributed by atoms with Gasteiger partial charge >= 0.3 is 5.97 Å². The lowest BCUT2D eigenvalue weighted by Crippen LogP contribution is -2.48. The van der Waals surface area contributed by atoms with Crippen molar-refractivity contribution in [1.82, 2.24) is 9.80 Å². The standard InChI is InChI=1S/C19H25FN2O4/c1-3-19(18(24)25)12-15(17(23)22-8-10-26-11-9-22)16(21(19)2)13-4-6-14(20)7-5-13/h4-7,15-16H,3,8-12H2,1-2H3,(H,24,25)/t15-,16-,19-/m0/s1. The number of nitrogens with zero attached hydrogens (tertiary/aromatic N) is 2. The lowest BCUT2D eigenvalue weighted by Gasteiger charge is -2.35. The second kappa shape index (κ2) is 7.32. The van der Waals surface area contributed by atoms with Crippen LogP contribution in [-0.4, -0.2) is 65.7 Å². The molecule has 6 nitrogen and oxygen atoms in total. The number of aliphatic carboxylic acids is 1. The van der Waals surface area contributed by atoms with Gasteiger partial charge < -0.3 is 14.7 Å². The van der Waals surface area contributed by atoms with Crippen LogP contribution in [0.25, 0.3) is 0 Å². The van der Waals surface area contributed by atoms with E-state index in [0.29, 0.717) is 32.7 Å². The summed E-state index contributed by atoms with van der Waals surface area (Å²) in [7, 11) is 1.75. The van der Waals surface area contributed by atoms with Gasteiger partial charge in [0.2, 0.25) is 5.91 Å². The number of halogens is 1. The molecule has 2 fully saturated rings. The van der Waals surface area contributed by atoms with Gasteiger partial charge in [0.05, 0.1) is 19.1 Å². The lowest BCUT2D eigenvalue weighted by molar-refractivity contribution is -0.150. The smallest absolute Gasteiger partial charge is 0.324 e. The van der Waals surface area contributed by atoms with E-state index in [2.05, 4.69) is 0 Å². The molecule has 26 heavy (non-hydrogen) atoms. The van der Waals surface area contributed by atoms with Crippen LogP contribution in [0.4, 0.5) is 4.39 Å². The molecule has 1 amide bonds. The predicted molar refractivity (Wildman–Crippen MR) is 93.1 cm³/mol. The number of carbonyl (C=O) groups excluding carboxylic acids is 1. The number of morpholine rings is 1. The van der Waals surface area contributed by atoms with Gasteiger partial charge in [-0.1, -0.05) is 19.1 Å². The zero-order chi connectivity index (χ0) is 18.9. The van der Waals surface area contributed by atoms with Crippen LogP contribution in [0.5, 0.6) is 0 Å². The maximum absolute atomic E-state index is 13.4. The summed E-state index contributed by atoms with van der Waals surface area (Å²) in [6.45, 7) is 3.84. The molecule has 142 valence electrons.